The number of aryl methyl sites for hydroxylation is 1. The molecule has 0 fully saturated rings. The maximum atomic E-state index is 13.9. The van der Waals surface area contributed by atoms with E-state index in [1.165, 1.54) is 11.4 Å². The fourth-order valence-corrected chi connectivity index (χ4v) is 2.48. The van der Waals surface area contributed by atoms with Crippen LogP contribution in [0.4, 0.5) is 36.4 Å². The molecule has 2 N–H and O–H groups in total. The Morgan fingerprint density at radius 3 is 2.03 bits per heavy atom. The molecular formula is C18H10F7N3O. The minimum absolute atomic E-state index is 0.279. The van der Waals surface area contributed by atoms with E-state index in [0.29, 0.717) is 5.56 Å². The van der Waals surface area contributed by atoms with Gasteiger partial charge in [-0.3, -0.25) is 9.89 Å². The third-order valence-electron chi connectivity index (χ3n) is 3.96. The smallest absolute Gasteiger partial charge is 0.316 e. The number of amides is 1. The quantitative estimate of drug-likeness (QED) is 0.454. The number of carbonyl (C=O) groups is 1. The van der Waals surface area contributed by atoms with Gasteiger partial charge in [-0.1, -0.05) is 29.8 Å². The monoisotopic (exact) mass is 417 g/mol. The minimum atomic E-state index is -5.68. The highest BCUT2D eigenvalue weighted by Gasteiger charge is 2.42. The van der Waals surface area contributed by atoms with E-state index < -0.39 is 46.6 Å². The molecule has 0 bridgehead atoms. The summed E-state index contributed by atoms with van der Waals surface area (Å²) in [6.45, 7) is 1.85. The summed E-state index contributed by atoms with van der Waals surface area (Å²) in [5.41, 5.74) is -2.94. The van der Waals surface area contributed by atoms with E-state index in [9.17, 15) is 35.5 Å². The zero-order chi connectivity index (χ0) is 21.5. The van der Waals surface area contributed by atoms with E-state index in [1.54, 1.807) is 24.3 Å². The van der Waals surface area contributed by atoms with Gasteiger partial charge in [0, 0.05) is 5.56 Å². The second-order valence-corrected chi connectivity index (χ2v) is 5.99. The van der Waals surface area contributed by atoms with Crippen LogP contribution in [0.5, 0.6) is 0 Å². The second-order valence-electron chi connectivity index (χ2n) is 5.99. The van der Waals surface area contributed by atoms with Gasteiger partial charge in [0.1, 0.15) is 16.9 Å². The van der Waals surface area contributed by atoms with Gasteiger partial charge in [0.25, 0.3) is 5.91 Å². The van der Waals surface area contributed by atoms with Gasteiger partial charge in [0.2, 0.25) is 0 Å². The van der Waals surface area contributed by atoms with Crippen LogP contribution in [-0.2, 0) is 6.18 Å². The third kappa shape index (κ3) is 3.80. The summed E-state index contributed by atoms with van der Waals surface area (Å²) in [5.74, 6) is -11.4. The normalized spacial score (nSPS) is 11.6. The fraction of sp³-hybridized carbons (Fsp3) is 0.111. The van der Waals surface area contributed by atoms with Gasteiger partial charge in [0.05, 0.1) is 5.69 Å². The van der Waals surface area contributed by atoms with Crippen molar-refractivity contribution in [3.8, 4) is 11.3 Å². The Bertz CT molecular complexity index is 1060. The molecule has 29 heavy (non-hydrogen) atoms. The summed E-state index contributed by atoms with van der Waals surface area (Å²) in [6, 6.07) is 8.09. The molecule has 0 saturated heterocycles. The van der Waals surface area contributed by atoms with E-state index >= 15 is 0 Å². The predicted octanol–water partition coefficient (Wildman–Crippen LogP) is 5.21. The van der Waals surface area contributed by atoms with Crippen molar-refractivity contribution in [2.45, 2.75) is 13.1 Å². The highest BCUT2D eigenvalue weighted by atomic mass is 19.4. The molecule has 2 aromatic carbocycles. The van der Waals surface area contributed by atoms with Crippen molar-refractivity contribution in [2.75, 3.05) is 5.32 Å². The highest BCUT2D eigenvalue weighted by molar-refractivity contribution is 6.03. The Hall–Kier alpha value is -3.37. The van der Waals surface area contributed by atoms with Gasteiger partial charge in [-0.05, 0) is 13.0 Å². The molecule has 0 atom stereocenters. The summed E-state index contributed by atoms with van der Waals surface area (Å²) in [5, 5.41) is 7.62. The van der Waals surface area contributed by atoms with E-state index in [1.807, 2.05) is 6.92 Å². The van der Waals surface area contributed by atoms with E-state index in [4.69, 9.17) is 0 Å². The highest BCUT2D eigenvalue weighted by Crippen LogP contribution is 2.38. The van der Waals surface area contributed by atoms with Gasteiger partial charge >= 0.3 is 6.18 Å². The van der Waals surface area contributed by atoms with Crippen LogP contribution in [0.15, 0.2) is 30.3 Å². The summed E-state index contributed by atoms with van der Waals surface area (Å²) in [6.07, 6.45) is -5.68. The first-order valence-electron chi connectivity index (χ1n) is 7.87. The lowest BCUT2D eigenvalue weighted by molar-refractivity contribution is -0.143. The molecular weight excluding hydrogens is 407 g/mol. The number of H-pyrrole nitrogens is 1. The van der Waals surface area contributed by atoms with Gasteiger partial charge in [-0.15, -0.1) is 0 Å². The number of hydrogen-bond donors (Lipinski definition) is 2. The largest absolute Gasteiger partial charge is 0.422 e. The van der Waals surface area contributed by atoms with Gasteiger partial charge in [0.15, 0.2) is 23.3 Å². The number of nitrogens with one attached hydrogen (secondary N) is 2. The van der Waals surface area contributed by atoms with E-state index in [0.717, 1.165) is 5.56 Å². The number of aromatic amines is 1. The first-order valence-corrected chi connectivity index (χ1v) is 7.87. The molecule has 0 aliphatic rings. The molecule has 3 aromatic rings. The Labute approximate surface area is 158 Å². The maximum absolute atomic E-state index is 13.9. The zero-order valence-electron chi connectivity index (χ0n) is 14.4. The van der Waals surface area contributed by atoms with Crippen molar-refractivity contribution in [1.82, 2.24) is 10.2 Å². The van der Waals surface area contributed by atoms with Crippen molar-refractivity contribution in [1.29, 1.82) is 0 Å². The maximum Gasteiger partial charge on any atom is 0.422 e. The van der Waals surface area contributed by atoms with Crippen molar-refractivity contribution >= 4 is 11.6 Å². The molecule has 0 saturated carbocycles. The molecule has 3 rings (SSSR count). The molecule has 0 aliphatic carbocycles. The van der Waals surface area contributed by atoms with Crippen LogP contribution in [0.25, 0.3) is 11.3 Å². The molecule has 1 heterocycles. The number of hydrogen-bond acceptors (Lipinski definition) is 2. The molecule has 0 radical (unpaired) electrons. The van der Waals surface area contributed by atoms with Crippen LogP contribution in [0.3, 0.4) is 0 Å². The number of halogens is 7. The Kier molecular flexibility index (Phi) is 5.07. The van der Waals surface area contributed by atoms with Crippen LogP contribution in [0.1, 0.15) is 21.6 Å². The molecule has 152 valence electrons. The summed E-state index contributed by atoms with van der Waals surface area (Å²) < 4.78 is 92.9. The summed E-state index contributed by atoms with van der Waals surface area (Å²) in [4.78, 5) is 12.1. The Morgan fingerprint density at radius 1 is 0.966 bits per heavy atom. The van der Waals surface area contributed by atoms with Gasteiger partial charge in [-0.25, -0.2) is 17.6 Å². The van der Waals surface area contributed by atoms with Crippen molar-refractivity contribution in [3.63, 3.8) is 0 Å². The van der Waals surface area contributed by atoms with Crippen LogP contribution in [0, 0.1) is 30.2 Å². The van der Waals surface area contributed by atoms with E-state index in [-0.39, 0.29) is 11.4 Å². The Morgan fingerprint density at radius 2 is 1.52 bits per heavy atom. The van der Waals surface area contributed by atoms with Crippen molar-refractivity contribution in [3.05, 3.63) is 70.4 Å². The molecule has 0 unspecified atom stereocenters. The molecule has 0 aliphatic heterocycles. The second kappa shape index (κ2) is 7.22. The number of carbonyl (C=O) groups excluding carboxylic acids is 1. The summed E-state index contributed by atoms with van der Waals surface area (Å²) >= 11 is 0. The molecule has 1 amide bonds. The van der Waals surface area contributed by atoms with Crippen molar-refractivity contribution in [2.24, 2.45) is 0 Å². The minimum Gasteiger partial charge on any atom is -0.316 e. The van der Waals surface area contributed by atoms with Crippen LogP contribution < -0.4 is 5.32 Å². The summed E-state index contributed by atoms with van der Waals surface area (Å²) in [7, 11) is 0. The third-order valence-corrected chi connectivity index (χ3v) is 3.96. The average molecular weight is 417 g/mol. The predicted molar refractivity (Wildman–Crippen MR) is 88.0 cm³/mol. The average Bonchev–Trinajstić information content (AvgIpc) is 3.13. The topological polar surface area (TPSA) is 57.8 Å². The molecule has 0 spiro atoms. The first-order chi connectivity index (χ1) is 13.5. The molecule has 11 heteroatoms. The number of anilines is 1. The van der Waals surface area contributed by atoms with Gasteiger partial charge in [-0.2, -0.15) is 18.3 Å². The lowest BCUT2D eigenvalue weighted by Gasteiger charge is -2.14. The number of benzene rings is 2. The van der Waals surface area contributed by atoms with Crippen LogP contribution in [0.2, 0.25) is 0 Å². The number of aromatic nitrogens is 2. The SMILES string of the molecule is Cc1ccc(-c2cc(C(=O)Nc3c(F)c(F)c(C(F)(F)F)c(F)c3F)[nH]n2)cc1. The van der Waals surface area contributed by atoms with Crippen molar-refractivity contribution < 1.29 is 35.5 Å². The lowest BCUT2D eigenvalue weighted by atomic mass is 10.1. The first kappa shape index (κ1) is 20.4. The lowest BCUT2D eigenvalue weighted by Crippen LogP contribution is -2.20. The zero-order valence-corrected chi connectivity index (χ0v) is 14.4. The number of rotatable bonds is 3. The van der Waals surface area contributed by atoms with Crippen LogP contribution in [-0.4, -0.2) is 16.1 Å². The molecule has 1 aromatic heterocycles. The number of alkyl halides is 3. The van der Waals surface area contributed by atoms with Crippen LogP contribution >= 0.6 is 0 Å². The standard InChI is InChI=1S/C18H10F7N3O/c1-7-2-4-8(5-3-7)9-6-10(28-27-9)17(29)26-16-14(21)12(19)11(18(23,24)25)13(20)15(16)22/h2-6H,1H3,(H,26,29)(H,27,28). The molecule has 4 nitrogen and oxygen atoms in total. The number of nitrogens with zero attached hydrogens (tertiary/aromatic N) is 1. The Balaban J connectivity index is 1.93. The van der Waals surface area contributed by atoms with E-state index in [2.05, 4.69) is 10.2 Å². The fourth-order valence-electron chi connectivity index (χ4n) is 2.48. The van der Waals surface area contributed by atoms with Gasteiger partial charge < -0.3 is 5.32 Å².